The lowest BCUT2D eigenvalue weighted by atomic mass is 10.1. The van der Waals surface area contributed by atoms with E-state index in [2.05, 4.69) is 25.2 Å². The largest absolute Gasteiger partial charge is 0.495 e. The zero-order valence-corrected chi connectivity index (χ0v) is 12.0. The van der Waals surface area contributed by atoms with Crippen molar-refractivity contribution in [1.82, 2.24) is 5.32 Å². The number of nitrogens with zero attached hydrogens (tertiary/aromatic N) is 1. The van der Waals surface area contributed by atoms with Gasteiger partial charge >= 0.3 is 0 Å². The molecule has 18 heavy (non-hydrogen) atoms. The van der Waals surface area contributed by atoms with E-state index >= 15 is 0 Å². The predicted molar refractivity (Wildman–Crippen MR) is 77.0 cm³/mol. The number of nitriles is 1. The van der Waals surface area contributed by atoms with Crippen LogP contribution in [0.25, 0.3) is 0 Å². The first-order chi connectivity index (χ1) is 8.71. The van der Waals surface area contributed by atoms with Gasteiger partial charge in [-0.2, -0.15) is 17.0 Å². The van der Waals surface area contributed by atoms with Gasteiger partial charge in [0.2, 0.25) is 0 Å². The van der Waals surface area contributed by atoms with Crippen LogP contribution in [0.3, 0.4) is 0 Å². The van der Waals surface area contributed by atoms with E-state index in [1.165, 1.54) is 0 Å². The lowest BCUT2D eigenvalue weighted by Gasteiger charge is -2.13. The van der Waals surface area contributed by atoms with Crippen LogP contribution in [0.5, 0.6) is 5.75 Å². The fraction of sp³-hybridized carbons (Fsp3) is 0.500. The quantitative estimate of drug-likeness (QED) is 0.822. The summed E-state index contributed by atoms with van der Waals surface area (Å²) in [6, 6.07) is 8.35. The second-order valence-corrected chi connectivity index (χ2v) is 5.41. The third-order valence-corrected chi connectivity index (χ3v) is 3.75. The van der Waals surface area contributed by atoms with Gasteiger partial charge in [0, 0.05) is 18.3 Å². The van der Waals surface area contributed by atoms with Crippen molar-refractivity contribution in [3.05, 3.63) is 29.3 Å². The molecule has 0 aliphatic rings. The van der Waals surface area contributed by atoms with E-state index in [1.54, 1.807) is 7.11 Å². The molecule has 0 radical (unpaired) electrons. The Hall–Kier alpha value is -1.18. The van der Waals surface area contributed by atoms with Crippen LogP contribution in [0.1, 0.15) is 25.0 Å². The lowest BCUT2D eigenvalue weighted by molar-refractivity contribution is 0.413. The molecule has 3 nitrogen and oxygen atoms in total. The van der Waals surface area contributed by atoms with Crippen LogP contribution in [-0.2, 0) is 6.54 Å². The summed E-state index contributed by atoms with van der Waals surface area (Å²) < 4.78 is 5.12. The molecule has 4 heteroatoms. The summed E-state index contributed by atoms with van der Waals surface area (Å²) in [4.78, 5) is 0. The summed E-state index contributed by atoms with van der Waals surface area (Å²) in [5.41, 5.74) is 1.70. The molecule has 1 N–H and O–H groups in total. The molecule has 1 atom stereocenters. The number of methoxy groups -OCH3 is 1. The van der Waals surface area contributed by atoms with Crippen molar-refractivity contribution in [3.63, 3.8) is 0 Å². The SMILES string of the molecule is CCSCC(C)NCc1ccc(OC)c(C#N)c1. The Kier molecular flexibility index (Phi) is 6.63. The summed E-state index contributed by atoms with van der Waals surface area (Å²) >= 11 is 1.93. The number of ether oxygens (including phenoxy) is 1. The molecule has 98 valence electrons. The smallest absolute Gasteiger partial charge is 0.136 e. The Labute approximate surface area is 114 Å². The third kappa shape index (κ3) is 4.59. The standard InChI is InChI=1S/C14H20N2OS/c1-4-18-10-11(2)16-9-12-5-6-14(17-3)13(7-12)8-15/h5-7,11,16H,4,9-10H2,1-3H3. The summed E-state index contributed by atoms with van der Waals surface area (Å²) in [5, 5.41) is 12.5. The fourth-order valence-corrected chi connectivity index (χ4v) is 2.31. The average molecular weight is 264 g/mol. The van der Waals surface area contributed by atoms with Crippen molar-refractivity contribution >= 4 is 11.8 Å². The van der Waals surface area contributed by atoms with E-state index in [0.717, 1.165) is 23.6 Å². The highest BCUT2D eigenvalue weighted by atomic mass is 32.2. The van der Waals surface area contributed by atoms with Crippen molar-refractivity contribution in [3.8, 4) is 11.8 Å². The van der Waals surface area contributed by atoms with E-state index in [9.17, 15) is 0 Å². The van der Waals surface area contributed by atoms with Gasteiger partial charge in [0.25, 0.3) is 0 Å². The maximum absolute atomic E-state index is 9.01. The molecule has 0 aromatic heterocycles. The van der Waals surface area contributed by atoms with E-state index in [4.69, 9.17) is 10.00 Å². The van der Waals surface area contributed by atoms with Crippen LogP contribution < -0.4 is 10.1 Å². The maximum Gasteiger partial charge on any atom is 0.136 e. The Morgan fingerprint density at radius 3 is 2.89 bits per heavy atom. The van der Waals surface area contributed by atoms with E-state index in [1.807, 2.05) is 30.0 Å². The maximum atomic E-state index is 9.01. The fourth-order valence-electron chi connectivity index (χ4n) is 1.60. The molecule has 0 amide bonds. The van der Waals surface area contributed by atoms with Crippen LogP contribution in [0.2, 0.25) is 0 Å². The molecule has 1 aromatic rings. The molecule has 0 saturated carbocycles. The molecule has 1 rings (SSSR count). The van der Waals surface area contributed by atoms with Crippen molar-refractivity contribution in [2.45, 2.75) is 26.4 Å². The Morgan fingerprint density at radius 2 is 2.28 bits per heavy atom. The first kappa shape index (κ1) is 14.9. The van der Waals surface area contributed by atoms with Crippen LogP contribution in [-0.4, -0.2) is 24.7 Å². The van der Waals surface area contributed by atoms with Crippen molar-refractivity contribution in [2.75, 3.05) is 18.6 Å². The molecular formula is C14H20N2OS. The second-order valence-electron chi connectivity index (χ2n) is 4.09. The second kappa shape index (κ2) is 8.02. The summed E-state index contributed by atoms with van der Waals surface area (Å²) in [5.74, 6) is 2.89. The molecule has 0 saturated heterocycles. The van der Waals surface area contributed by atoms with Gasteiger partial charge in [-0.1, -0.05) is 13.0 Å². The van der Waals surface area contributed by atoms with Gasteiger partial charge in [-0.3, -0.25) is 0 Å². The van der Waals surface area contributed by atoms with Crippen LogP contribution in [0.15, 0.2) is 18.2 Å². The summed E-state index contributed by atoms with van der Waals surface area (Å²) in [6.45, 7) is 5.13. The van der Waals surface area contributed by atoms with Gasteiger partial charge in [-0.15, -0.1) is 0 Å². The number of hydrogen-bond acceptors (Lipinski definition) is 4. The first-order valence-corrected chi connectivity index (χ1v) is 7.24. The van der Waals surface area contributed by atoms with Crippen molar-refractivity contribution in [2.24, 2.45) is 0 Å². The number of nitrogens with one attached hydrogen (secondary N) is 1. The first-order valence-electron chi connectivity index (χ1n) is 6.09. The number of thioether (sulfide) groups is 1. The topological polar surface area (TPSA) is 45.0 Å². The average Bonchev–Trinajstić information content (AvgIpc) is 2.42. The van der Waals surface area contributed by atoms with Gasteiger partial charge < -0.3 is 10.1 Å². The molecule has 0 bridgehead atoms. The monoisotopic (exact) mass is 264 g/mol. The minimum Gasteiger partial charge on any atom is -0.495 e. The van der Waals surface area contributed by atoms with Crippen molar-refractivity contribution < 1.29 is 4.74 Å². The van der Waals surface area contributed by atoms with Gasteiger partial charge in [-0.05, 0) is 30.4 Å². The molecule has 0 aliphatic heterocycles. The number of rotatable bonds is 7. The normalized spacial score (nSPS) is 11.9. The Balaban J connectivity index is 2.55. The summed E-state index contributed by atoms with van der Waals surface area (Å²) in [7, 11) is 1.58. The van der Waals surface area contributed by atoms with E-state index in [0.29, 0.717) is 17.4 Å². The van der Waals surface area contributed by atoms with Gasteiger partial charge in [0.1, 0.15) is 11.8 Å². The Morgan fingerprint density at radius 1 is 1.50 bits per heavy atom. The van der Waals surface area contributed by atoms with Crippen LogP contribution in [0.4, 0.5) is 0 Å². The van der Waals surface area contributed by atoms with Crippen LogP contribution >= 0.6 is 11.8 Å². The van der Waals surface area contributed by atoms with Gasteiger partial charge in [-0.25, -0.2) is 0 Å². The van der Waals surface area contributed by atoms with E-state index < -0.39 is 0 Å². The highest BCUT2D eigenvalue weighted by Crippen LogP contribution is 2.18. The Bertz CT molecular complexity index is 415. The lowest BCUT2D eigenvalue weighted by Crippen LogP contribution is -2.27. The molecule has 1 aromatic carbocycles. The molecular weight excluding hydrogens is 244 g/mol. The number of benzene rings is 1. The molecule has 0 fully saturated rings. The molecule has 0 spiro atoms. The zero-order chi connectivity index (χ0) is 13.4. The highest BCUT2D eigenvalue weighted by Gasteiger charge is 2.05. The third-order valence-electron chi connectivity index (χ3n) is 2.61. The van der Waals surface area contributed by atoms with E-state index in [-0.39, 0.29) is 0 Å². The molecule has 1 unspecified atom stereocenters. The van der Waals surface area contributed by atoms with Crippen molar-refractivity contribution in [1.29, 1.82) is 5.26 Å². The predicted octanol–water partition coefficient (Wildman–Crippen LogP) is 2.80. The molecule has 0 aliphatic carbocycles. The van der Waals surface area contributed by atoms with Gasteiger partial charge in [0.05, 0.1) is 12.7 Å². The highest BCUT2D eigenvalue weighted by molar-refractivity contribution is 7.99. The minimum atomic E-state index is 0.475. The molecule has 0 heterocycles. The van der Waals surface area contributed by atoms with Crippen LogP contribution in [0, 0.1) is 11.3 Å². The zero-order valence-electron chi connectivity index (χ0n) is 11.2. The minimum absolute atomic E-state index is 0.475. The van der Waals surface area contributed by atoms with Gasteiger partial charge in [0.15, 0.2) is 0 Å². The summed E-state index contributed by atoms with van der Waals surface area (Å²) in [6.07, 6.45) is 0. The number of hydrogen-bond donors (Lipinski definition) is 1.